The van der Waals surface area contributed by atoms with Gasteiger partial charge in [-0.1, -0.05) is 20.8 Å². The van der Waals surface area contributed by atoms with Gasteiger partial charge in [-0.25, -0.2) is 4.79 Å². The molecule has 0 unspecified atom stereocenters. The lowest BCUT2D eigenvalue weighted by molar-refractivity contribution is -0.144. The molecule has 6 nitrogen and oxygen atoms in total. The molecule has 0 saturated carbocycles. The van der Waals surface area contributed by atoms with Crippen LogP contribution in [0.15, 0.2) is 6.08 Å². The molecule has 0 spiro atoms. The van der Waals surface area contributed by atoms with Crippen LogP contribution in [0, 0.1) is 19.3 Å². The zero-order valence-corrected chi connectivity index (χ0v) is 13.4. The Morgan fingerprint density at radius 2 is 1.90 bits per heavy atom. The van der Waals surface area contributed by atoms with Crippen LogP contribution >= 0.6 is 0 Å². The standard InChI is InChI=1S/C15H23N3O3/c1-9-11(10(2)18(6)17-9)7-8-12(19)16-13(14(20)21)15(3,4)5/h7-8,13H,1-6H3,(H,16,19)(H,20,21)/b8-7+/t13-/m0/s1. The van der Waals surface area contributed by atoms with E-state index in [2.05, 4.69) is 10.4 Å². The van der Waals surface area contributed by atoms with Crippen molar-refractivity contribution in [1.82, 2.24) is 15.1 Å². The van der Waals surface area contributed by atoms with Crippen molar-refractivity contribution in [3.63, 3.8) is 0 Å². The number of amides is 1. The molecule has 0 aliphatic heterocycles. The molecule has 0 saturated heterocycles. The van der Waals surface area contributed by atoms with Gasteiger partial charge in [0.2, 0.25) is 5.91 Å². The molecule has 0 aliphatic carbocycles. The molecule has 6 heteroatoms. The van der Waals surface area contributed by atoms with Gasteiger partial charge < -0.3 is 10.4 Å². The summed E-state index contributed by atoms with van der Waals surface area (Å²) in [4.78, 5) is 23.1. The Morgan fingerprint density at radius 3 is 2.29 bits per heavy atom. The lowest BCUT2D eigenvalue weighted by atomic mass is 9.87. The van der Waals surface area contributed by atoms with Crippen LogP contribution < -0.4 is 5.32 Å². The number of aromatic nitrogens is 2. The summed E-state index contributed by atoms with van der Waals surface area (Å²) in [5.41, 5.74) is 2.08. The van der Waals surface area contributed by atoms with Gasteiger partial charge in [-0.15, -0.1) is 0 Å². The van der Waals surface area contributed by atoms with Crippen LogP contribution in [0.4, 0.5) is 0 Å². The molecule has 1 atom stereocenters. The van der Waals surface area contributed by atoms with Crippen molar-refractivity contribution >= 4 is 18.0 Å². The molecule has 2 N–H and O–H groups in total. The van der Waals surface area contributed by atoms with Gasteiger partial charge in [-0.05, 0) is 25.3 Å². The number of aryl methyl sites for hydroxylation is 2. The van der Waals surface area contributed by atoms with E-state index in [1.54, 1.807) is 31.5 Å². The number of hydrogen-bond donors (Lipinski definition) is 2. The van der Waals surface area contributed by atoms with E-state index in [4.69, 9.17) is 0 Å². The number of aliphatic carboxylic acids is 1. The van der Waals surface area contributed by atoms with Crippen molar-refractivity contribution in [3.8, 4) is 0 Å². The van der Waals surface area contributed by atoms with E-state index in [1.807, 2.05) is 20.9 Å². The summed E-state index contributed by atoms with van der Waals surface area (Å²) in [6, 6.07) is -0.939. The second-order valence-corrected chi connectivity index (χ2v) is 6.19. The fraction of sp³-hybridized carbons (Fsp3) is 0.533. The van der Waals surface area contributed by atoms with Gasteiger partial charge >= 0.3 is 5.97 Å². The van der Waals surface area contributed by atoms with Crippen molar-refractivity contribution in [1.29, 1.82) is 0 Å². The Hall–Kier alpha value is -2.11. The highest BCUT2D eigenvalue weighted by Gasteiger charge is 2.32. The third kappa shape index (κ3) is 4.18. The van der Waals surface area contributed by atoms with Gasteiger partial charge in [0.1, 0.15) is 6.04 Å². The fourth-order valence-corrected chi connectivity index (χ4v) is 2.03. The molecule has 1 amide bonds. The Morgan fingerprint density at radius 1 is 1.33 bits per heavy atom. The molecule has 1 rings (SSSR count). The van der Waals surface area contributed by atoms with Gasteiger partial charge in [0.05, 0.1) is 5.69 Å². The van der Waals surface area contributed by atoms with Crippen LogP contribution in [0.1, 0.15) is 37.7 Å². The number of carbonyl (C=O) groups is 2. The van der Waals surface area contributed by atoms with E-state index in [-0.39, 0.29) is 0 Å². The van der Waals surface area contributed by atoms with Crippen LogP contribution in [0.3, 0.4) is 0 Å². The lowest BCUT2D eigenvalue weighted by Crippen LogP contribution is -2.48. The van der Waals surface area contributed by atoms with E-state index in [0.29, 0.717) is 0 Å². The quantitative estimate of drug-likeness (QED) is 0.827. The van der Waals surface area contributed by atoms with E-state index >= 15 is 0 Å². The Kier molecular flexibility index (Phi) is 4.93. The number of nitrogens with zero attached hydrogens (tertiary/aromatic N) is 2. The van der Waals surface area contributed by atoms with Crippen molar-refractivity contribution < 1.29 is 14.7 Å². The number of nitrogens with one attached hydrogen (secondary N) is 1. The van der Waals surface area contributed by atoms with E-state index in [0.717, 1.165) is 17.0 Å². The minimum absolute atomic E-state index is 0.431. The minimum atomic E-state index is -1.04. The van der Waals surface area contributed by atoms with Crippen molar-refractivity contribution in [2.75, 3.05) is 0 Å². The first-order valence-electron chi connectivity index (χ1n) is 6.75. The number of rotatable bonds is 4. The third-order valence-electron chi connectivity index (χ3n) is 3.37. The highest BCUT2D eigenvalue weighted by molar-refractivity contribution is 5.94. The first-order chi connectivity index (χ1) is 9.54. The van der Waals surface area contributed by atoms with Gasteiger partial charge in [0, 0.05) is 24.4 Å². The number of carboxylic acid groups (broad SMARTS) is 1. The maximum Gasteiger partial charge on any atom is 0.326 e. The summed E-state index contributed by atoms with van der Waals surface area (Å²) in [6.45, 7) is 9.08. The Bertz CT molecular complexity index is 580. The normalized spacial score (nSPS) is 13.4. The van der Waals surface area contributed by atoms with Crippen LogP contribution in [-0.2, 0) is 16.6 Å². The van der Waals surface area contributed by atoms with Gasteiger partial charge in [-0.2, -0.15) is 5.10 Å². The monoisotopic (exact) mass is 293 g/mol. The summed E-state index contributed by atoms with van der Waals surface area (Å²) in [7, 11) is 1.83. The topological polar surface area (TPSA) is 84.2 Å². The number of hydrogen-bond acceptors (Lipinski definition) is 3. The van der Waals surface area contributed by atoms with Gasteiger partial charge in [0.15, 0.2) is 0 Å². The van der Waals surface area contributed by atoms with E-state index < -0.39 is 23.3 Å². The lowest BCUT2D eigenvalue weighted by Gasteiger charge is -2.27. The average molecular weight is 293 g/mol. The molecule has 116 valence electrons. The van der Waals surface area contributed by atoms with Crippen LogP contribution in [0.2, 0.25) is 0 Å². The second-order valence-electron chi connectivity index (χ2n) is 6.19. The van der Waals surface area contributed by atoms with Crippen LogP contribution in [0.5, 0.6) is 0 Å². The fourth-order valence-electron chi connectivity index (χ4n) is 2.03. The summed E-state index contributed by atoms with van der Waals surface area (Å²) >= 11 is 0. The van der Waals surface area contributed by atoms with E-state index in [1.165, 1.54) is 6.08 Å². The highest BCUT2D eigenvalue weighted by Crippen LogP contribution is 2.19. The first-order valence-corrected chi connectivity index (χ1v) is 6.75. The van der Waals surface area contributed by atoms with Crippen molar-refractivity contribution in [3.05, 3.63) is 23.0 Å². The largest absolute Gasteiger partial charge is 0.480 e. The molecular formula is C15H23N3O3. The van der Waals surface area contributed by atoms with Crippen molar-refractivity contribution in [2.45, 2.75) is 40.7 Å². The molecule has 0 aromatic carbocycles. The third-order valence-corrected chi connectivity index (χ3v) is 3.37. The molecule has 0 fully saturated rings. The highest BCUT2D eigenvalue weighted by atomic mass is 16.4. The molecular weight excluding hydrogens is 270 g/mol. The zero-order chi connectivity index (χ0) is 16.4. The summed E-state index contributed by atoms with van der Waals surface area (Å²) < 4.78 is 1.74. The first kappa shape index (κ1) is 16.9. The van der Waals surface area contributed by atoms with Crippen LogP contribution in [-0.4, -0.2) is 32.8 Å². The van der Waals surface area contributed by atoms with E-state index in [9.17, 15) is 14.7 Å². The second kappa shape index (κ2) is 6.11. The van der Waals surface area contributed by atoms with Gasteiger partial charge in [-0.3, -0.25) is 9.48 Å². The summed E-state index contributed by atoms with van der Waals surface area (Å²) in [6.07, 6.45) is 3.01. The number of carbonyl (C=O) groups excluding carboxylic acids is 1. The van der Waals surface area contributed by atoms with Crippen LogP contribution in [0.25, 0.3) is 6.08 Å². The molecule has 0 aliphatic rings. The SMILES string of the molecule is Cc1nn(C)c(C)c1/C=C/C(=O)N[C@@H](C(=O)O)C(C)(C)C. The average Bonchev–Trinajstić information content (AvgIpc) is 2.56. The molecule has 1 aromatic rings. The number of carboxylic acids is 1. The predicted molar refractivity (Wildman–Crippen MR) is 80.7 cm³/mol. The minimum Gasteiger partial charge on any atom is -0.480 e. The summed E-state index contributed by atoms with van der Waals surface area (Å²) in [5.74, 6) is -1.47. The molecule has 0 radical (unpaired) electrons. The smallest absolute Gasteiger partial charge is 0.326 e. The molecule has 0 bridgehead atoms. The molecule has 1 aromatic heterocycles. The predicted octanol–water partition coefficient (Wildman–Crippen LogP) is 1.67. The maximum atomic E-state index is 11.9. The Labute approximate surface area is 124 Å². The summed E-state index contributed by atoms with van der Waals surface area (Å²) in [5, 5.41) is 16.0. The van der Waals surface area contributed by atoms with Gasteiger partial charge in [0.25, 0.3) is 0 Å². The molecule has 21 heavy (non-hydrogen) atoms. The van der Waals surface area contributed by atoms with Crippen molar-refractivity contribution in [2.24, 2.45) is 12.5 Å². The maximum absolute atomic E-state index is 11.9. The zero-order valence-electron chi connectivity index (χ0n) is 13.4. The Balaban J connectivity index is 2.86. The molecule has 1 heterocycles.